The number of ketones is 1. The van der Waals surface area contributed by atoms with Gasteiger partial charge in [-0.1, -0.05) is 68.7 Å². The van der Waals surface area contributed by atoms with Crippen LogP contribution in [-0.4, -0.2) is 116 Å². The first kappa shape index (κ1) is 65.9. The molecule has 0 aromatic carbocycles. The van der Waals surface area contributed by atoms with Crippen molar-refractivity contribution in [2.75, 3.05) is 39.3 Å². The smallest absolute Gasteiger partial charge is 0.477 e. The zero-order valence-corrected chi connectivity index (χ0v) is 37.0. The summed E-state index contributed by atoms with van der Waals surface area (Å²) in [5.74, 6) is -1.60. The van der Waals surface area contributed by atoms with Crippen LogP contribution in [0.15, 0.2) is 61.1 Å². The van der Waals surface area contributed by atoms with Gasteiger partial charge in [0, 0.05) is 68.6 Å². The number of fused-ring (bicyclic) bond motifs is 4. The van der Waals surface area contributed by atoms with Crippen molar-refractivity contribution in [2.45, 2.75) is 140 Å². The van der Waals surface area contributed by atoms with Crippen LogP contribution in [0, 0.1) is 6.92 Å². The second-order valence-electron chi connectivity index (χ2n) is 16.7. The fraction of sp³-hybridized carbons (Fsp3) is 0.551. The molecule has 5 aliphatic heterocycles. The fourth-order valence-corrected chi connectivity index (χ4v) is 6.59. The summed E-state index contributed by atoms with van der Waals surface area (Å²) >= 11 is 0. The Balaban J connectivity index is -0.000000391. The molecule has 2 unspecified atom stereocenters. The molecule has 3 aromatic heterocycles. The van der Waals surface area contributed by atoms with Crippen LogP contribution >= 0.6 is 0 Å². The van der Waals surface area contributed by atoms with E-state index in [1.165, 1.54) is 23.6 Å². The molecule has 0 radical (unpaired) electrons. The Kier molecular flexibility index (Phi) is 28.3. The van der Waals surface area contributed by atoms with Crippen LogP contribution in [0.3, 0.4) is 0 Å². The van der Waals surface area contributed by atoms with Crippen LogP contribution in [0.25, 0.3) is 0 Å². The number of nitrogens with zero attached hydrogens (tertiary/aromatic N) is 5. The van der Waals surface area contributed by atoms with Crippen molar-refractivity contribution in [1.82, 2.24) is 30.1 Å². The van der Waals surface area contributed by atoms with Crippen molar-refractivity contribution in [3.05, 3.63) is 96.2 Å². The number of pyridine rings is 3. The number of hydrogen-bond donors (Lipinski definition) is 2. The maximum Gasteiger partial charge on any atom is 1.00 e. The SMILES string of the molecule is C.C.C.C.C.CC(C)(C)OC(=O)N1CCC(=O)C1.CC(C)(C)OC(=O)N1CCC2(C1)OC(=O)c1ncccc12.O=C(O)c1ccccn1.O=C1OC2(CCNC2)c2cccnc21.[CH2-]CCC.[H+].[Li+]. The molecule has 2 spiro atoms. The number of likely N-dealkylation sites (tertiary alicyclic amines) is 2. The first-order chi connectivity index (χ1) is 28.7. The Morgan fingerprint density at radius 3 is 1.66 bits per heavy atom. The van der Waals surface area contributed by atoms with Gasteiger partial charge in [-0.3, -0.25) is 4.79 Å². The number of carboxylic acid groups (broad SMARTS) is 1. The summed E-state index contributed by atoms with van der Waals surface area (Å²) in [6.45, 7) is 19.7. The molecule has 2 atom stereocenters. The molecule has 3 saturated heterocycles. The molecule has 17 nitrogen and oxygen atoms in total. The number of Topliss-reactive ketones (excluding diaryl/α,β-unsaturated/α-hetero) is 1. The number of hydrogen-bond acceptors (Lipinski definition) is 14. The van der Waals surface area contributed by atoms with E-state index in [4.69, 9.17) is 24.1 Å². The van der Waals surface area contributed by atoms with Crippen molar-refractivity contribution < 1.29 is 73.1 Å². The van der Waals surface area contributed by atoms with Gasteiger partial charge < -0.3 is 46.1 Å². The maximum atomic E-state index is 12.1. The number of nitrogens with one attached hydrogen (secondary N) is 1. The summed E-state index contributed by atoms with van der Waals surface area (Å²) in [5.41, 5.74) is 0.396. The number of amides is 2. The van der Waals surface area contributed by atoms with E-state index < -0.39 is 40.4 Å². The van der Waals surface area contributed by atoms with Crippen molar-refractivity contribution >= 4 is 35.9 Å². The van der Waals surface area contributed by atoms with Gasteiger partial charge in [0.1, 0.15) is 16.9 Å². The molecule has 3 aromatic rings. The van der Waals surface area contributed by atoms with Crippen molar-refractivity contribution in [1.29, 1.82) is 0 Å². The van der Waals surface area contributed by atoms with Crippen LogP contribution in [-0.2, 0) is 34.9 Å². The van der Waals surface area contributed by atoms with Crippen LogP contribution in [0.4, 0.5) is 9.59 Å². The zero-order valence-electron chi connectivity index (χ0n) is 38.0. The molecular weight excluding hydrogens is 856 g/mol. The van der Waals surface area contributed by atoms with E-state index in [-0.39, 0.29) is 87.5 Å². The zero-order chi connectivity index (χ0) is 45.0. The molecule has 0 bridgehead atoms. The molecule has 2 N–H and O–H groups in total. The van der Waals surface area contributed by atoms with E-state index in [1.807, 2.05) is 59.7 Å². The third-order valence-electron chi connectivity index (χ3n) is 9.48. The van der Waals surface area contributed by atoms with Gasteiger partial charge >= 0.3 is 50.4 Å². The third kappa shape index (κ3) is 18.3. The van der Waals surface area contributed by atoms with E-state index >= 15 is 0 Å². The van der Waals surface area contributed by atoms with Gasteiger partial charge in [0.05, 0.1) is 13.1 Å². The van der Waals surface area contributed by atoms with Gasteiger partial charge in [-0.05, 0) is 72.4 Å². The molecule has 370 valence electrons. The molecule has 2 amide bonds. The second-order valence-corrected chi connectivity index (χ2v) is 16.7. The molecule has 8 rings (SSSR count). The quantitative estimate of drug-likeness (QED) is 0.123. The Labute approximate surface area is 413 Å². The van der Waals surface area contributed by atoms with Crippen LogP contribution < -0.4 is 24.2 Å². The topological polar surface area (TPSA) is 217 Å². The van der Waals surface area contributed by atoms with E-state index in [0.717, 1.165) is 30.5 Å². The minimum atomic E-state index is -0.990. The standard InChI is InChI=1S/C15H18N2O4.C10H10N2O2.C9H15NO3.C6H5NO2.C4H9.5CH4.Li/c1-14(2,3)21-13(19)17-8-6-15(9-17)10-5-4-7-16-11(10)12(18)20-15;13-9-8-7(2-1-4-12-8)10(14-9)3-5-11-6-10;1-9(2,3)13-8(12)10-5-4-7(11)6-10;8-6(9)5-3-1-2-4-7-5;1-3-4-2;;;;;;/h4-5,7H,6,8-9H2,1-3H3;1-2,4,11H,3,5-6H2;4-6H2,1-3H3;1-4H,(H,8,9);1,3-4H2,2H3;5*1H4;/q;;;;-1;;;;;;+1/p+1. The minimum Gasteiger partial charge on any atom is -0.477 e. The number of ether oxygens (including phenoxy) is 4. The molecule has 0 saturated carbocycles. The summed E-state index contributed by atoms with van der Waals surface area (Å²) in [6, 6.07) is 12.1. The third-order valence-corrected chi connectivity index (χ3v) is 9.48. The Hall–Kier alpha value is -5.37. The summed E-state index contributed by atoms with van der Waals surface area (Å²) in [4.78, 5) is 82.7. The van der Waals surface area contributed by atoms with Gasteiger partial charge in [0.2, 0.25) is 0 Å². The monoisotopic (exact) mass is 934 g/mol. The predicted octanol–water partition coefficient (Wildman–Crippen LogP) is 6.42. The van der Waals surface area contributed by atoms with Crippen LogP contribution in [0.1, 0.15) is 162 Å². The van der Waals surface area contributed by atoms with E-state index in [2.05, 4.69) is 34.1 Å². The first-order valence-electron chi connectivity index (χ1n) is 20.2. The number of aromatic carboxylic acids is 1. The van der Waals surface area contributed by atoms with Gasteiger partial charge in [-0.15, -0.1) is 0 Å². The van der Waals surface area contributed by atoms with E-state index in [0.29, 0.717) is 50.4 Å². The number of unbranched alkanes of at least 4 members (excludes halogenated alkanes) is 1. The van der Waals surface area contributed by atoms with Gasteiger partial charge in [0.15, 0.2) is 28.4 Å². The predicted molar refractivity (Wildman–Crippen MR) is 256 cm³/mol. The van der Waals surface area contributed by atoms with E-state index in [9.17, 15) is 28.8 Å². The molecule has 18 heteroatoms. The van der Waals surface area contributed by atoms with Crippen LogP contribution in [0.2, 0.25) is 0 Å². The Morgan fingerprint density at radius 1 is 0.761 bits per heavy atom. The normalized spacial score (nSPS) is 18.8. The minimum absolute atomic E-state index is 0. The Morgan fingerprint density at radius 2 is 1.25 bits per heavy atom. The van der Waals surface area contributed by atoms with Gasteiger partial charge in [-0.2, -0.15) is 6.42 Å². The summed E-state index contributed by atoms with van der Waals surface area (Å²) in [7, 11) is 0. The number of aromatic nitrogens is 3. The molecule has 67 heavy (non-hydrogen) atoms. The number of carbonyl (C=O) groups excluding carboxylic acids is 5. The second kappa shape index (κ2) is 28.7. The van der Waals surface area contributed by atoms with Crippen molar-refractivity contribution in [2.24, 2.45) is 0 Å². The number of carbonyl (C=O) groups is 6. The number of carboxylic acids is 1. The van der Waals surface area contributed by atoms with Gasteiger partial charge in [0.25, 0.3) is 0 Å². The average molecular weight is 934 g/mol. The van der Waals surface area contributed by atoms with Crippen molar-refractivity contribution in [3.8, 4) is 0 Å². The molecule has 5 aliphatic rings. The fourth-order valence-electron chi connectivity index (χ4n) is 6.59. The average Bonchev–Trinajstić information content (AvgIpc) is 4.06. The summed E-state index contributed by atoms with van der Waals surface area (Å²) in [6.07, 6.45) is 8.02. The van der Waals surface area contributed by atoms with E-state index in [1.54, 1.807) is 35.5 Å². The molecule has 0 aliphatic carbocycles. The first-order valence-corrected chi connectivity index (χ1v) is 20.2. The largest absolute Gasteiger partial charge is 1.00 e. The van der Waals surface area contributed by atoms with Crippen molar-refractivity contribution in [3.63, 3.8) is 0 Å². The molecule has 8 heterocycles. The summed E-state index contributed by atoms with van der Waals surface area (Å²) < 4.78 is 21.4. The van der Waals surface area contributed by atoms with Crippen LogP contribution in [0.5, 0.6) is 0 Å². The number of esters is 2. The van der Waals surface area contributed by atoms with Gasteiger partial charge in [-0.25, -0.2) is 38.9 Å². The Bertz CT molecular complexity index is 2040. The maximum absolute atomic E-state index is 12.1. The number of rotatable bonds is 2. The summed E-state index contributed by atoms with van der Waals surface area (Å²) in [5, 5.41) is 11.5. The molecule has 3 fully saturated rings. The molecular formula is C49H78LiN6O11+.